The second-order valence-corrected chi connectivity index (χ2v) is 20.6. The molecular weight excluding hydrogens is 804 g/mol. The van der Waals surface area contributed by atoms with Gasteiger partial charge in [0.25, 0.3) is 5.92 Å². The predicted octanol–water partition coefficient (Wildman–Crippen LogP) is 7.28. The highest BCUT2D eigenvalue weighted by atomic mass is 32.2. The van der Waals surface area contributed by atoms with E-state index in [0.717, 1.165) is 19.2 Å². The molecule has 2 saturated carbocycles. The average Bonchev–Trinajstić information content (AvgIpc) is 4.05. The number of nitrogens with zero attached hydrogens (tertiary/aromatic N) is 2. The number of nitrogens with one attached hydrogen (secondary N) is 1. The van der Waals surface area contributed by atoms with Crippen LogP contribution in [0, 0.1) is 29.1 Å². The number of ketones is 1. The number of benzene rings is 1. The zero-order valence-corrected chi connectivity index (χ0v) is 36.3. The third-order valence-corrected chi connectivity index (χ3v) is 15.1. The van der Waals surface area contributed by atoms with Crippen molar-refractivity contribution in [1.29, 1.82) is 0 Å². The molecule has 0 spiro atoms. The van der Waals surface area contributed by atoms with Crippen LogP contribution < -0.4 is 14.2 Å². The van der Waals surface area contributed by atoms with E-state index < -0.39 is 105 Å². The maximum atomic E-state index is 15.0. The highest BCUT2D eigenvalue weighted by molar-refractivity contribution is 7.91. The molecule has 3 fully saturated rings. The number of carbonyl (C=O) groups excluding carboxylic acids is 4. The van der Waals surface area contributed by atoms with Gasteiger partial charge in [-0.1, -0.05) is 44.2 Å². The van der Waals surface area contributed by atoms with Gasteiger partial charge in [-0.25, -0.2) is 21.6 Å². The van der Waals surface area contributed by atoms with Crippen LogP contribution in [0.25, 0.3) is 10.8 Å². The first-order valence-corrected chi connectivity index (χ1v) is 22.4. The quantitative estimate of drug-likeness (QED) is 0.170. The van der Waals surface area contributed by atoms with E-state index in [2.05, 4.69) is 9.71 Å². The van der Waals surface area contributed by atoms with Crippen molar-refractivity contribution in [2.75, 3.05) is 13.2 Å². The molecule has 12 nitrogen and oxygen atoms in total. The molecule has 60 heavy (non-hydrogen) atoms. The molecule has 2 aliphatic carbocycles. The molecule has 1 aromatic heterocycles. The van der Waals surface area contributed by atoms with Crippen LogP contribution in [0.15, 0.2) is 42.5 Å². The Kier molecular flexibility index (Phi) is 12.8. The first-order valence-electron chi connectivity index (χ1n) is 21.0. The number of hydrogen-bond donors (Lipinski definition) is 1. The van der Waals surface area contributed by atoms with Gasteiger partial charge in [0.2, 0.25) is 33.6 Å². The number of carbonyl (C=O) groups is 4. The number of ether oxygens (including phenoxy) is 3. The number of Topliss-reactive ketones (excluding diaryl/α,β-unsaturated/α-hetero) is 1. The highest BCUT2D eigenvalue weighted by Crippen LogP contribution is 2.58. The molecule has 1 aromatic carbocycles. The van der Waals surface area contributed by atoms with E-state index in [1.165, 1.54) is 4.90 Å². The standard InChI is InChI=1S/C44H58F3N3O9S/c1-26(2)57-36-19-29-13-9-11-15-32(29)38(48-36)58-31-20-34-35(51)23-44(40(54)49-60(55,56)43(25-45)16-17-43)22-30(44)14-10-8-12-27(3)18-28(4)33(39(53)50(34)24-31)21-37(52)59-41(5,6)42(7,46)47/h9-11,13-15,19,26-28,30-31,33-34H,8,12,16-18,20-25H2,1-7H3,(H,49,54)/b14-10-/t27-,28+,30+,31+,33-,34-,44+/m0/s1. The van der Waals surface area contributed by atoms with E-state index in [0.29, 0.717) is 37.5 Å². The number of hydrogen-bond acceptors (Lipinski definition) is 10. The lowest BCUT2D eigenvalue weighted by atomic mass is 9.82. The molecule has 0 radical (unpaired) electrons. The SMILES string of the molecule is CC(C)Oc1cc2ccccc2c(O[C@@H]2C[C@H]3C(=O)C[C@]4(C(=O)NS(=O)(=O)C5(CF)CC5)C[C@H]4/C=C\CC[C@H](C)C[C@@H](C)[C@H](CC(=O)OC(C)(C)C(C)(F)F)C(=O)N3C2)n1. The number of aromatic nitrogens is 1. The molecular formula is C44H58F3N3O9S. The van der Waals surface area contributed by atoms with E-state index >= 15 is 0 Å². The molecule has 2 amide bonds. The molecule has 6 rings (SSSR count). The zero-order valence-electron chi connectivity index (χ0n) is 35.5. The van der Waals surface area contributed by atoms with Crippen LogP contribution in [-0.4, -0.2) is 89.6 Å². The van der Waals surface area contributed by atoms with Crippen molar-refractivity contribution < 1.29 is 55.0 Å². The first kappa shape index (κ1) is 45.3. The molecule has 2 aromatic rings. The van der Waals surface area contributed by atoms with Crippen molar-refractivity contribution in [1.82, 2.24) is 14.6 Å². The minimum Gasteiger partial charge on any atom is -0.475 e. The Hall–Kier alpha value is -4.21. The summed E-state index contributed by atoms with van der Waals surface area (Å²) in [5.74, 6) is -7.85. The number of fused-ring (bicyclic) bond motifs is 3. The summed E-state index contributed by atoms with van der Waals surface area (Å²) in [6.07, 6.45) is 3.76. The van der Waals surface area contributed by atoms with Crippen LogP contribution in [0.1, 0.15) is 106 Å². The number of pyridine rings is 1. The fourth-order valence-electron chi connectivity index (χ4n) is 8.53. The first-order chi connectivity index (χ1) is 28.0. The van der Waals surface area contributed by atoms with Gasteiger partial charge in [0.1, 0.15) is 17.5 Å². The van der Waals surface area contributed by atoms with Gasteiger partial charge >= 0.3 is 5.97 Å². The van der Waals surface area contributed by atoms with E-state index in [9.17, 15) is 40.8 Å². The van der Waals surface area contributed by atoms with Crippen LogP contribution in [0.4, 0.5) is 13.2 Å². The van der Waals surface area contributed by atoms with Crippen molar-refractivity contribution in [2.24, 2.45) is 29.1 Å². The van der Waals surface area contributed by atoms with Gasteiger partial charge in [-0.3, -0.25) is 23.9 Å². The van der Waals surface area contributed by atoms with Gasteiger partial charge in [0.15, 0.2) is 11.4 Å². The predicted molar refractivity (Wildman–Crippen MR) is 217 cm³/mol. The van der Waals surface area contributed by atoms with Gasteiger partial charge in [-0.05, 0) is 95.4 Å². The normalized spacial score (nSPS) is 29.1. The van der Waals surface area contributed by atoms with Crippen LogP contribution in [0.2, 0.25) is 0 Å². The lowest BCUT2D eigenvalue weighted by molar-refractivity contribution is -0.197. The fraction of sp³-hybridized carbons (Fsp3) is 0.659. The summed E-state index contributed by atoms with van der Waals surface area (Å²) in [6, 6.07) is 7.95. The van der Waals surface area contributed by atoms with Gasteiger partial charge in [0, 0.05) is 31.2 Å². The van der Waals surface area contributed by atoms with E-state index in [1.54, 1.807) is 6.07 Å². The summed E-state index contributed by atoms with van der Waals surface area (Å²) in [7, 11) is -4.40. The monoisotopic (exact) mass is 861 g/mol. The molecule has 330 valence electrons. The van der Waals surface area contributed by atoms with E-state index in [1.807, 2.05) is 64.1 Å². The zero-order chi connectivity index (χ0) is 44.0. The number of halogens is 3. The van der Waals surface area contributed by atoms with Gasteiger partial charge in [0.05, 0.1) is 36.4 Å². The second-order valence-electron chi connectivity index (χ2n) is 18.5. The molecule has 0 bridgehead atoms. The summed E-state index contributed by atoms with van der Waals surface area (Å²) in [5.41, 5.74) is -3.64. The van der Waals surface area contributed by atoms with Crippen molar-refractivity contribution in [2.45, 2.75) is 141 Å². The Labute approximate surface area is 350 Å². The summed E-state index contributed by atoms with van der Waals surface area (Å²) < 4.78 is 87.5. The van der Waals surface area contributed by atoms with Gasteiger partial charge in [-0.2, -0.15) is 4.98 Å². The molecule has 7 atom stereocenters. The van der Waals surface area contributed by atoms with Crippen molar-refractivity contribution in [3.05, 3.63) is 42.5 Å². The topological polar surface area (TPSA) is 158 Å². The Balaban J connectivity index is 1.37. The minimum atomic E-state index is -4.40. The maximum Gasteiger partial charge on any atom is 0.307 e. The number of allylic oxidation sites excluding steroid dienone is 2. The lowest BCUT2D eigenvalue weighted by Crippen LogP contribution is -2.49. The fourth-order valence-corrected chi connectivity index (χ4v) is 9.97. The Bertz CT molecular complexity index is 2120. The Morgan fingerprint density at radius 2 is 1.78 bits per heavy atom. The van der Waals surface area contributed by atoms with Crippen molar-refractivity contribution in [3.63, 3.8) is 0 Å². The van der Waals surface area contributed by atoms with Crippen LogP contribution in [-0.2, 0) is 33.9 Å². The van der Waals surface area contributed by atoms with Crippen molar-refractivity contribution in [3.8, 4) is 11.8 Å². The number of esters is 1. The molecule has 16 heteroatoms. The molecule has 2 aliphatic heterocycles. The second kappa shape index (κ2) is 16.9. The summed E-state index contributed by atoms with van der Waals surface area (Å²) >= 11 is 0. The highest BCUT2D eigenvalue weighted by Gasteiger charge is 2.63. The van der Waals surface area contributed by atoms with E-state index in [4.69, 9.17) is 14.2 Å². The summed E-state index contributed by atoms with van der Waals surface area (Å²) in [6.45, 7) is 9.10. The third-order valence-electron chi connectivity index (χ3n) is 12.9. The average molecular weight is 862 g/mol. The molecule has 3 heterocycles. The maximum absolute atomic E-state index is 15.0. The number of sulfonamides is 1. The van der Waals surface area contributed by atoms with Crippen LogP contribution in [0.5, 0.6) is 11.8 Å². The summed E-state index contributed by atoms with van der Waals surface area (Å²) in [5, 5.41) is 1.43. The smallest absolute Gasteiger partial charge is 0.307 e. The minimum absolute atomic E-state index is 0.0334. The molecule has 1 N–H and O–H groups in total. The van der Waals surface area contributed by atoms with Crippen molar-refractivity contribution >= 4 is 44.4 Å². The van der Waals surface area contributed by atoms with E-state index in [-0.39, 0.29) is 50.1 Å². The van der Waals surface area contributed by atoms with Gasteiger partial charge < -0.3 is 19.1 Å². The van der Waals surface area contributed by atoms with Gasteiger partial charge in [-0.15, -0.1) is 0 Å². The third kappa shape index (κ3) is 9.47. The number of amides is 2. The van der Waals surface area contributed by atoms with Crippen LogP contribution in [0.3, 0.4) is 0 Å². The largest absolute Gasteiger partial charge is 0.475 e. The molecule has 4 aliphatic rings. The Morgan fingerprint density at radius 1 is 1.08 bits per heavy atom. The number of alkyl halides is 3. The Morgan fingerprint density at radius 3 is 2.43 bits per heavy atom. The molecule has 1 saturated heterocycles. The molecule has 0 unspecified atom stereocenters. The summed E-state index contributed by atoms with van der Waals surface area (Å²) in [4.78, 5) is 63.2. The number of rotatable bonds is 12. The van der Waals surface area contributed by atoms with Crippen LogP contribution >= 0.6 is 0 Å². The lowest BCUT2D eigenvalue weighted by Gasteiger charge is -2.34.